The first-order chi connectivity index (χ1) is 12.2. The summed E-state index contributed by atoms with van der Waals surface area (Å²) in [5.74, 6) is 1.31. The van der Waals surface area contributed by atoms with Gasteiger partial charge in [0.1, 0.15) is 23.4 Å². The van der Waals surface area contributed by atoms with Crippen LogP contribution in [0.3, 0.4) is 0 Å². The maximum absolute atomic E-state index is 12.4. The number of hydrogen-bond acceptors (Lipinski definition) is 6. The third-order valence-corrected chi connectivity index (χ3v) is 3.77. The van der Waals surface area contributed by atoms with Gasteiger partial charge in [-0.25, -0.2) is 9.50 Å². The average molecular weight is 341 g/mol. The number of benzene rings is 1. The van der Waals surface area contributed by atoms with E-state index in [0.29, 0.717) is 29.4 Å². The molecule has 2 heterocycles. The average Bonchev–Trinajstić information content (AvgIpc) is 3.12. The zero-order valence-corrected chi connectivity index (χ0v) is 14.1. The van der Waals surface area contributed by atoms with Crippen LogP contribution in [0.1, 0.15) is 22.3 Å². The predicted octanol–water partition coefficient (Wildman–Crippen LogP) is 1.50. The highest BCUT2D eigenvalue weighted by Crippen LogP contribution is 2.27. The molecule has 0 saturated carbocycles. The van der Waals surface area contributed by atoms with Crippen LogP contribution >= 0.6 is 0 Å². The fraction of sp³-hybridized carbons (Fsp3) is 0.294. The molecule has 1 N–H and O–H groups in total. The van der Waals surface area contributed by atoms with Crippen LogP contribution < -0.4 is 14.8 Å². The van der Waals surface area contributed by atoms with Crippen molar-refractivity contribution in [3.05, 3.63) is 48.0 Å². The molecule has 3 aromatic rings. The lowest BCUT2D eigenvalue weighted by atomic mass is 10.1. The molecule has 0 spiro atoms. The summed E-state index contributed by atoms with van der Waals surface area (Å²) in [7, 11) is 3.05. The second kappa shape index (κ2) is 7.61. The first-order valence-corrected chi connectivity index (χ1v) is 7.86. The fourth-order valence-corrected chi connectivity index (χ4v) is 2.55. The van der Waals surface area contributed by atoms with Crippen molar-refractivity contribution in [3.63, 3.8) is 0 Å². The minimum atomic E-state index is -0.223. The number of methoxy groups -OCH3 is 2. The summed E-state index contributed by atoms with van der Waals surface area (Å²) in [5.41, 5.74) is 1.43. The maximum Gasteiger partial charge on any atom is 0.258 e. The third-order valence-electron chi connectivity index (χ3n) is 3.77. The molecule has 25 heavy (non-hydrogen) atoms. The van der Waals surface area contributed by atoms with E-state index in [9.17, 15) is 4.79 Å². The standard InChI is InChI=1S/C17H19N5O3/c1-24-13-6-3-7-14(25-2)15(13)16(23)18-8-4-5-12-9-19-17-20-11-21-22(17)10-12/h3,6-7,9-11H,4-5,8H2,1-2H3,(H,18,23). The summed E-state index contributed by atoms with van der Waals surface area (Å²) in [4.78, 5) is 20.7. The maximum atomic E-state index is 12.4. The molecular formula is C17H19N5O3. The number of carbonyl (C=O) groups excluding carboxylic acids is 1. The van der Waals surface area contributed by atoms with Crippen LogP contribution in [0, 0.1) is 0 Å². The molecule has 1 aromatic carbocycles. The van der Waals surface area contributed by atoms with Gasteiger partial charge in [0.25, 0.3) is 11.7 Å². The Labute approximate surface area is 144 Å². The van der Waals surface area contributed by atoms with E-state index in [1.807, 2.05) is 6.20 Å². The molecule has 8 heteroatoms. The number of hydrogen-bond donors (Lipinski definition) is 1. The molecule has 0 fully saturated rings. The molecule has 0 atom stereocenters. The summed E-state index contributed by atoms with van der Waals surface area (Å²) < 4.78 is 12.1. The minimum absolute atomic E-state index is 0.223. The summed E-state index contributed by atoms with van der Waals surface area (Å²) in [6, 6.07) is 5.24. The first kappa shape index (κ1) is 16.7. The van der Waals surface area contributed by atoms with Crippen LogP contribution in [-0.2, 0) is 6.42 Å². The van der Waals surface area contributed by atoms with E-state index in [1.165, 1.54) is 20.5 Å². The zero-order valence-electron chi connectivity index (χ0n) is 14.1. The van der Waals surface area contributed by atoms with E-state index < -0.39 is 0 Å². The van der Waals surface area contributed by atoms with Crippen molar-refractivity contribution >= 4 is 11.7 Å². The van der Waals surface area contributed by atoms with Crippen LogP contribution in [-0.4, -0.2) is 46.3 Å². The van der Waals surface area contributed by atoms with Crippen LogP contribution in [0.15, 0.2) is 36.9 Å². The van der Waals surface area contributed by atoms with Gasteiger partial charge < -0.3 is 14.8 Å². The van der Waals surface area contributed by atoms with Crippen molar-refractivity contribution in [3.8, 4) is 11.5 Å². The third kappa shape index (κ3) is 3.68. The van der Waals surface area contributed by atoms with Gasteiger partial charge in [0, 0.05) is 18.9 Å². The number of aromatic nitrogens is 4. The van der Waals surface area contributed by atoms with Gasteiger partial charge in [0.15, 0.2) is 0 Å². The second-order valence-corrected chi connectivity index (χ2v) is 5.36. The van der Waals surface area contributed by atoms with Crippen LogP contribution in [0.5, 0.6) is 11.5 Å². The van der Waals surface area contributed by atoms with Crippen molar-refractivity contribution in [1.29, 1.82) is 0 Å². The van der Waals surface area contributed by atoms with E-state index in [4.69, 9.17) is 9.47 Å². The Hall–Kier alpha value is -3.16. The Bertz CT molecular complexity index is 855. The Morgan fingerprint density at radius 1 is 1.20 bits per heavy atom. The lowest BCUT2D eigenvalue weighted by molar-refractivity contribution is 0.0947. The van der Waals surface area contributed by atoms with Gasteiger partial charge in [0.05, 0.1) is 14.2 Å². The van der Waals surface area contributed by atoms with Gasteiger partial charge in [-0.05, 0) is 30.5 Å². The molecule has 0 bridgehead atoms. The number of rotatable bonds is 7. The lowest BCUT2D eigenvalue weighted by Gasteiger charge is -2.13. The number of fused-ring (bicyclic) bond motifs is 1. The van der Waals surface area contributed by atoms with Gasteiger partial charge in [0.2, 0.25) is 0 Å². The molecule has 1 amide bonds. The van der Waals surface area contributed by atoms with Gasteiger partial charge in [-0.1, -0.05) is 6.07 Å². The van der Waals surface area contributed by atoms with Gasteiger partial charge in [-0.15, -0.1) is 0 Å². The van der Waals surface area contributed by atoms with E-state index in [-0.39, 0.29) is 5.91 Å². The molecular weight excluding hydrogens is 322 g/mol. The Morgan fingerprint density at radius 2 is 1.96 bits per heavy atom. The number of nitrogens with one attached hydrogen (secondary N) is 1. The molecule has 2 aromatic heterocycles. The molecule has 3 rings (SSSR count). The number of nitrogens with zero attached hydrogens (tertiary/aromatic N) is 4. The van der Waals surface area contributed by atoms with E-state index >= 15 is 0 Å². The van der Waals surface area contributed by atoms with Crippen molar-refractivity contribution in [2.24, 2.45) is 0 Å². The quantitative estimate of drug-likeness (QED) is 0.655. The molecule has 0 aliphatic rings. The molecule has 0 unspecified atom stereocenters. The van der Waals surface area contributed by atoms with E-state index in [0.717, 1.165) is 18.4 Å². The zero-order chi connectivity index (χ0) is 17.6. The second-order valence-electron chi connectivity index (χ2n) is 5.36. The van der Waals surface area contributed by atoms with Crippen LogP contribution in [0.2, 0.25) is 0 Å². The molecule has 0 aliphatic heterocycles. The molecule has 0 aliphatic carbocycles. The number of ether oxygens (including phenoxy) is 2. The number of carbonyl (C=O) groups is 1. The van der Waals surface area contributed by atoms with E-state index in [1.54, 1.807) is 28.9 Å². The molecule has 0 radical (unpaired) electrons. The molecule has 130 valence electrons. The minimum Gasteiger partial charge on any atom is -0.496 e. The van der Waals surface area contributed by atoms with Gasteiger partial charge in [-0.2, -0.15) is 10.1 Å². The molecule has 0 saturated heterocycles. The smallest absolute Gasteiger partial charge is 0.258 e. The summed E-state index contributed by atoms with van der Waals surface area (Å²) in [6.45, 7) is 0.523. The Kier molecular flexibility index (Phi) is 5.08. The van der Waals surface area contributed by atoms with Crippen molar-refractivity contribution < 1.29 is 14.3 Å². The monoisotopic (exact) mass is 341 g/mol. The highest BCUT2D eigenvalue weighted by Gasteiger charge is 2.17. The number of amides is 1. The highest BCUT2D eigenvalue weighted by atomic mass is 16.5. The Morgan fingerprint density at radius 3 is 2.68 bits per heavy atom. The van der Waals surface area contributed by atoms with Gasteiger partial charge in [-0.3, -0.25) is 4.79 Å². The summed E-state index contributed by atoms with van der Waals surface area (Å²) in [5, 5.41) is 6.96. The normalized spacial score (nSPS) is 10.6. The summed E-state index contributed by atoms with van der Waals surface area (Å²) in [6.07, 6.45) is 6.67. The van der Waals surface area contributed by atoms with Crippen molar-refractivity contribution in [2.75, 3.05) is 20.8 Å². The Balaban J connectivity index is 1.57. The van der Waals surface area contributed by atoms with Crippen molar-refractivity contribution in [1.82, 2.24) is 24.9 Å². The van der Waals surface area contributed by atoms with Gasteiger partial charge >= 0.3 is 0 Å². The van der Waals surface area contributed by atoms with E-state index in [2.05, 4.69) is 20.4 Å². The van der Waals surface area contributed by atoms with Crippen LogP contribution in [0.25, 0.3) is 5.78 Å². The predicted molar refractivity (Wildman–Crippen MR) is 91.0 cm³/mol. The number of aryl methyl sites for hydroxylation is 1. The topological polar surface area (TPSA) is 90.6 Å². The first-order valence-electron chi connectivity index (χ1n) is 7.86. The highest BCUT2D eigenvalue weighted by molar-refractivity contribution is 5.99. The summed E-state index contributed by atoms with van der Waals surface area (Å²) >= 11 is 0. The largest absolute Gasteiger partial charge is 0.496 e. The molecule has 8 nitrogen and oxygen atoms in total. The fourth-order valence-electron chi connectivity index (χ4n) is 2.55. The SMILES string of the molecule is COc1cccc(OC)c1C(=O)NCCCc1cnc2ncnn2c1. The lowest BCUT2D eigenvalue weighted by Crippen LogP contribution is -2.25. The van der Waals surface area contributed by atoms with Crippen molar-refractivity contribution in [2.45, 2.75) is 12.8 Å². The van der Waals surface area contributed by atoms with Crippen LogP contribution in [0.4, 0.5) is 0 Å².